The standard InChI is InChI=1S/C22H38N4OS.HI/c1-5-23-22(25-19-13-10-14-21(16-19)28(27)6-2)24-17-20(26(3)4)15-18-11-8-7-9-12-18;/h7-9,11-12,19-21H,5-6,10,13-17H2,1-4H3,(H2,23,24,25);1H. The minimum absolute atomic E-state index is 0. The Bertz CT molecular complexity index is 626. The Morgan fingerprint density at radius 3 is 2.59 bits per heavy atom. The van der Waals surface area contributed by atoms with Crippen molar-refractivity contribution in [1.82, 2.24) is 15.5 Å². The molecule has 0 bridgehead atoms. The lowest BCUT2D eigenvalue weighted by molar-refractivity contribution is 0.298. The minimum Gasteiger partial charge on any atom is -0.357 e. The van der Waals surface area contributed by atoms with Gasteiger partial charge in [-0.15, -0.1) is 24.0 Å². The monoisotopic (exact) mass is 534 g/mol. The molecule has 1 aromatic carbocycles. The Balaban J connectivity index is 0.00000420. The molecule has 0 saturated heterocycles. The van der Waals surface area contributed by atoms with E-state index in [9.17, 15) is 4.21 Å². The molecular weight excluding hydrogens is 495 g/mol. The van der Waals surface area contributed by atoms with Crippen molar-refractivity contribution < 1.29 is 4.21 Å². The summed E-state index contributed by atoms with van der Waals surface area (Å²) < 4.78 is 12.2. The van der Waals surface area contributed by atoms with E-state index in [0.29, 0.717) is 17.3 Å². The summed E-state index contributed by atoms with van der Waals surface area (Å²) >= 11 is 0. The molecule has 0 amide bonds. The van der Waals surface area contributed by atoms with Crippen molar-refractivity contribution in [3.8, 4) is 0 Å². The molecule has 0 spiro atoms. The molecule has 1 aliphatic carbocycles. The van der Waals surface area contributed by atoms with Crippen LogP contribution in [0.3, 0.4) is 0 Å². The van der Waals surface area contributed by atoms with Gasteiger partial charge in [-0.1, -0.05) is 43.7 Å². The maximum absolute atomic E-state index is 12.2. The van der Waals surface area contributed by atoms with Crippen LogP contribution in [0, 0.1) is 0 Å². The zero-order valence-corrected chi connectivity index (χ0v) is 21.5. The van der Waals surface area contributed by atoms with Gasteiger partial charge < -0.3 is 15.5 Å². The van der Waals surface area contributed by atoms with Crippen LogP contribution in [0.15, 0.2) is 35.3 Å². The Morgan fingerprint density at radius 1 is 1.24 bits per heavy atom. The lowest BCUT2D eigenvalue weighted by atomic mass is 9.95. The summed E-state index contributed by atoms with van der Waals surface area (Å²) in [7, 11) is 3.54. The van der Waals surface area contributed by atoms with Gasteiger partial charge in [-0.25, -0.2) is 0 Å². The summed E-state index contributed by atoms with van der Waals surface area (Å²) in [5, 5.41) is 7.33. The lowest BCUT2D eigenvalue weighted by Crippen LogP contribution is -2.47. The van der Waals surface area contributed by atoms with Gasteiger partial charge >= 0.3 is 0 Å². The average Bonchev–Trinajstić information content (AvgIpc) is 2.71. The van der Waals surface area contributed by atoms with Gasteiger partial charge in [0.1, 0.15) is 0 Å². The summed E-state index contributed by atoms with van der Waals surface area (Å²) in [6, 6.07) is 11.3. The SMILES string of the molecule is CCNC(=NCC(Cc1ccccc1)N(C)C)NC1CCCC(S(=O)CC)C1.I. The van der Waals surface area contributed by atoms with E-state index in [2.05, 4.69) is 66.9 Å². The van der Waals surface area contributed by atoms with E-state index >= 15 is 0 Å². The lowest BCUT2D eigenvalue weighted by Gasteiger charge is -2.30. The fraction of sp³-hybridized carbons (Fsp3) is 0.682. The number of hydrogen-bond acceptors (Lipinski definition) is 3. The van der Waals surface area contributed by atoms with Gasteiger partial charge in [-0.3, -0.25) is 9.20 Å². The Labute approximate surface area is 197 Å². The first kappa shape index (κ1) is 26.4. The Kier molecular flexibility index (Phi) is 13.1. The molecule has 7 heteroatoms. The van der Waals surface area contributed by atoms with Crippen LogP contribution in [0.2, 0.25) is 0 Å². The first-order chi connectivity index (χ1) is 13.5. The van der Waals surface area contributed by atoms with E-state index in [1.165, 1.54) is 5.56 Å². The van der Waals surface area contributed by atoms with Gasteiger partial charge in [0.15, 0.2) is 5.96 Å². The third kappa shape index (κ3) is 9.34. The van der Waals surface area contributed by atoms with E-state index in [4.69, 9.17) is 4.99 Å². The topological polar surface area (TPSA) is 56.7 Å². The van der Waals surface area contributed by atoms with Crippen molar-refractivity contribution in [3.05, 3.63) is 35.9 Å². The van der Waals surface area contributed by atoms with Crippen LogP contribution in [0.4, 0.5) is 0 Å². The number of rotatable bonds is 9. The van der Waals surface area contributed by atoms with Crippen molar-refractivity contribution >= 4 is 40.7 Å². The van der Waals surface area contributed by atoms with Crippen LogP contribution >= 0.6 is 24.0 Å². The first-order valence-electron chi connectivity index (χ1n) is 10.7. The molecule has 0 heterocycles. The van der Waals surface area contributed by atoms with Gasteiger partial charge in [0, 0.05) is 40.4 Å². The van der Waals surface area contributed by atoms with Crippen LogP contribution in [-0.2, 0) is 17.2 Å². The van der Waals surface area contributed by atoms with Crippen LogP contribution in [0.25, 0.3) is 0 Å². The normalized spacial score (nSPS) is 21.9. The zero-order chi connectivity index (χ0) is 20.4. The van der Waals surface area contributed by atoms with Crippen LogP contribution in [-0.4, -0.2) is 65.3 Å². The molecule has 1 aromatic rings. The summed E-state index contributed by atoms with van der Waals surface area (Å²) in [6.07, 6.45) is 5.32. The number of nitrogens with zero attached hydrogens (tertiary/aromatic N) is 2. The molecule has 4 atom stereocenters. The molecule has 0 radical (unpaired) electrons. The largest absolute Gasteiger partial charge is 0.357 e. The molecule has 0 aliphatic heterocycles. The van der Waals surface area contributed by atoms with E-state index < -0.39 is 10.8 Å². The summed E-state index contributed by atoms with van der Waals surface area (Å²) in [5.74, 6) is 1.64. The number of guanidine groups is 1. The highest BCUT2D eigenvalue weighted by molar-refractivity contribution is 14.0. The predicted molar refractivity (Wildman–Crippen MR) is 137 cm³/mol. The number of hydrogen-bond donors (Lipinski definition) is 2. The number of nitrogens with one attached hydrogen (secondary N) is 2. The van der Waals surface area contributed by atoms with Gasteiger partial charge in [-0.05, 0) is 52.3 Å². The van der Waals surface area contributed by atoms with Crippen LogP contribution < -0.4 is 10.6 Å². The number of aliphatic imine (C=N–C) groups is 1. The van der Waals surface area contributed by atoms with Crippen LogP contribution in [0.5, 0.6) is 0 Å². The van der Waals surface area contributed by atoms with E-state index in [0.717, 1.165) is 56.9 Å². The second-order valence-electron chi connectivity index (χ2n) is 7.83. The Morgan fingerprint density at radius 2 is 1.97 bits per heavy atom. The van der Waals surface area contributed by atoms with Gasteiger partial charge in [-0.2, -0.15) is 0 Å². The molecule has 1 fully saturated rings. The van der Waals surface area contributed by atoms with Crippen molar-refractivity contribution in [2.45, 2.75) is 63.3 Å². The molecule has 4 unspecified atom stereocenters. The summed E-state index contributed by atoms with van der Waals surface area (Å²) in [4.78, 5) is 7.14. The smallest absolute Gasteiger partial charge is 0.191 e. The highest BCUT2D eigenvalue weighted by atomic mass is 127. The summed E-state index contributed by atoms with van der Waals surface area (Å²) in [5.41, 5.74) is 1.34. The number of halogens is 1. The number of likely N-dealkylation sites (N-methyl/N-ethyl adjacent to an activating group) is 1. The average molecular weight is 535 g/mol. The molecule has 1 saturated carbocycles. The maximum atomic E-state index is 12.2. The molecular formula is C22H39IN4OS. The second-order valence-corrected chi connectivity index (χ2v) is 9.83. The molecule has 0 aromatic heterocycles. The van der Waals surface area contributed by atoms with E-state index in [1.807, 2.05) is 6.92 Å². The quantitative estimate of drug-likeness (QED) is 0.290. The van der Waals surface area contributed by atoms with Crippen molar-refractivity contribution in [2.75, 3.05) is 32.9 Å². The molecule has 166 valence electrons. The van der Waals surface area contributed by atoms with Crippen LogP contribution in [0.1, 0.15) is 45.1 Å². The highest BCUT2D eigenvalue weighted by Crippen LogP contribution is 2.23. The maximum Gasteiger partial charge on any atom is 0.191 e. The van der Waals surface area contributed by atoms with Gasteiger partial charge in [0.25, 0.3) is 0 Å². The van der Waals surface area contributed by atoms with Crippen molar-refractivity contribution in [2.24, 2.45) is 4.99 Å². The summed E-state index contributed by atoms with van der Waals surface area (Å²) in [6.45, 7) is 5.70. The van der Waals surface area contributed by atoms with E-state index in [-0.39, 0.29) is 24.0 Å². The predicted octanol–water partition coefficient (Wildman–Crippen LogP) is 3.41. The van der Waals surface area contributed by atoms with Crippen molar-refractivity contribution in [1.29, 1.82) is 0 Å². The van der Waals surface area contributed by atoms with Gasteiger partial charge in [0.2, 0.25) is 0 Å². The third-order valence-corrected chi connectivity index (χ3v) is 7.21. The second kappa shape index (κ2) is 14.4. The zero-order valence-electron chi connectivity index (χ0n) is 18.4. The minimum atomic E-state index is -0.700. The fourth-order valence-corrected chi connectivity index (χ4v) is 5.11. The van der Waals surface area contributed by atoms with Gasteiger partial charge in [0.05, 0.1) is 6.54 Å². The first-order valence-corrected chi connectivity index (χ1v) is 12.0. The molecule has 2 rings (SSSR count). The molecule has 29 heavy (non-hydrogen) atoms. The molecule has 5 nitrogen and oxygen atoms in total. The van der Waals surface area contributed by atoms with E-state index in [1.54, 1.807) is 0 Å². The Hall–Kier alpha value is -0.670. The number of benzene rings is 1. The molecule has 1 aliphatic rings. The molecule has 2 N–H and O–H groups in total. The third-order valence-electron chi connectivity index (χ3n) is 5.47. The highest BCUT2D eigenvalue weighted by Gasteiger charge is 2.26. The fourth-order valence-electron chi connectivity index (χ4n) is 3.76. The van der Waals surface area contributed by atoms with Crippen molar-refractivity contribution in [3.63, 3.8) is 0 Å².